The third-order valence-electron chi connectivity index (χ3n) is 2.08. The molecule has 1 N–H and O–H groups in total. The molecule has 0 unspecified atom stereocenters. The number of nitrogens with zero attached hydrogens (tertiary/aromatic N) is 1. The van der Waals surface area contributed by atoms with E-state index in [1.165, 1.54) is 11.3 Å². The Labute approximate surface area is 112 Å². The standard InChI is InChI=1S/C10H8Cl3NOS/c11-10(12,13)8(15)5-9-14-6-3-1-2-4-7(6)16-9/h1-4,8,15H,5H2/t8-/m0/s1. The second-order valence-corrected chi connectivity index (χ2v) is 6.82. The van der Waals surface area contributed by atoms with Gasteiger partial charge in [-0.25, -0.2) is 4.98 Å². The first-order chi connectivity index (χ1) is 7.47. The zero-order chi connectivity index (χ0) is 11.8. The highest BCUT2D eigenvalue weighted by Gasteiger charge is 2.31. The van der Waals surface area contributed by atoms with Crippen LogP contribution in [0.3, 0.4) is 0 Å². The van der Waals surface area contributed by atoms with Crippen LogP contribution in [0.5, 0.6) is 0 Å². The summed E-state index contributed by atoms with van der Waals surface area (Å²) in [6, 6.07) is 7.74. The summed E-state index contributed by atoms with van der Waals surface area (Å²) in [6.45, 7) is 0. The number of thiazole rings is 1. The minimum Gasteiger partial charge on any atom is -0.388 e. The second-order valence-electron chi connectivity index (χ2n) is 3.34. The highest BCUT2D eigenvalue weighted by Crippen LogP contribution is 2.33. The SMILES string of the molecule is O[C@@H](Cc1nc2ccccc2s1)C(Cl)(Cl)Cl. The molecule has 0 fully saturated rings. The van der Waals surface area contributed by atoms with Crippen molar-refractivity contribution in [2.24, 2.45) is 0 Å². The lowest BCUT2D eigenvalue weighted by atomic mass is 10.3. The summed E-state index contributed by atoms with van der Waals surface area (Å²) in [5.41, 5.74) is 0.902. The highest BCUT2D eigenvalue weighted by atomic mass is 35.6. The number of rotatable bonds is 2. The molecule has 0 amide bonds. The Morgan fingerprint density at radius 3 is 2.62 bits per heavy atom. The van der Waals surface area contributed by atoms with Gasteiger partial charge in [0.25, 0.3) is 0 Å². The monoisotopic (exact) mass is 295 g/mol. The number of aliphatic hydroxyl groups is 1. The third-order valence-corrected chi connectivity index (χ3v) is 3.90. The number of fused-ring (bicyclic) bond motifs is 1. The molecule has 0 radical (unpaired) electrons. The van der Waals surface area contributed by atoms with Crippen molar-refractivity contribution in [1.29, 1.82) is 0 Å². The van der Waals surface area contributed by atoms with E-state index in [0.717, 1.165) is 15.2 Å². The predicted molar refractivity (Wildman–Crippen MR) is 69.6 cm³/mol. The molecule has 0 saturated carbocycles. The zero-order valence-electron chi connectivity index (χ0n) is 8.03. The van der Waals surface area contributed by atoms with Gasteiger partial charge in [0, 0.05) is 6.42 Å². The molecule has 2 rings (SSSR count). The van der Waals surface area contributed by atoms with Crippen LogP contribution in [0.4, 0.5) is 0 Å². The van der Waals surface area contributed by atoms with Crippen LogP contribution in [-0.2, 0) is 6.42 Å². The van der Waals surface area contributed by atoms with Crippen LogP contribution in [0.1, 0.15) is 5.01 Å². The summed E-state index contributed by atoms with van der Waals surface area (Å²) < 4.78 is -0.605. The van der Waals surface area contributed by atoms with Gasteiger partial charge in [0.15, 0.2) is 0 Å². The van der Waals surface area contributed by atoms with E-state index in [2.05, 4.69) is 4.98 Å². The third kappa shape index (κ3) is 2.79. The Bertz CT molecular complexity index is 461. The quantitative estimate of drug-likeness (QED) is 0.860. The van der Waals surface area contributed by atoms with Gasteiger partial charge in [-0.15, -0.1) is 11.3 Å². The molecule has 0 aliphatic heterocycles. The summed E-state index contributed by atoms with van der Waals surface area (Å²) in [4.78, 5) is 4.35. The molecule has 2 nitrogen and oxygen atoms in total. The Morgan fingerprint density at radius 2 is 2.00 bits per heavy atom. The molecule has 6 heteroatoms. The van der Waals surface area contributed by atoms with Crippen molar-refractivity contribution in [1.82, 2.24) is 4.98 Å². The van der Waals surface area contributed by atoms with Gasteiger partial charge in [-0.3, -0.25) is 0 Å². The normalized spacial score (nSPS) is 14.2. The predicted octanol–water partition coefficient (Wildman–Crippen LogP) is 3.57. The maximum absolute atomic E-state index is 9.64. The number of aliphatic hydroxyl groups excluding tert-OH is 1. The van der Waals surface area contributed by atoms with Crippen LogP contribution in [0.2, 0.25) is 0 Å². The molecule has 1 aromatic carbocycles. The lowest BCUT2D eigenvalue weighted by Gasteiger charge is -2.17. The Balaban J connectivity index is 2.22. The smallest absolute Gasteiger partial charge is 0.216 e. The molecule has 86 valence electrons. The lowest BCUT2D eigenvalue weighted by Crippen LogP contribution is -2.27. The van der Waals surface area contributed by atoms with E-state index in [-0.39, 0.29) is 6.42 Å². The van der Waals surface area contributed by atoms with Crippen molar-refractivity contribution >= 4 is 56.4 Å². The fraction of sp³-hybridized carbons (Fsp3) is 0.300. The molecular weight excluding hydrogens is 289 g/mol. The minimum atomic E-state index is -1.67. The molecule has 16 heavy (non-hydrogen) atoms. The van der Waals surface area contributed by atoms with Crippen LogP contribution < -0.4 is 0 Å². The molecule has 0 saturated heterocycles. The van der Waals surface area contributed by atoms with Gasteiger partial charge in [-0.2, -0.15) is 0 Å². The van der Waals surface area contributed by atoms with Gasteiger partial charge in [0.05, 0.1) is 15.2 Å². The Hall–Kier alpha value is -0.0600. The van der Waals surface area contributed by atoms with Crippen LogP contribution >= 0.6 is 46.1 Å². The van der Waals surface area contributed by atoms with Crippen molar-refractivity contribution in [2.75, 3.05) is 0 Å². The van der Waals surface area contributed by atoms with Crippen molar-refractivity contribution in [3.8, 4) is 0 Å². The highest BCUT2D eigenvalue weighted by molar-refractivity contribution is 7.18. The van der Waals surface area contributed by atoms with E-state index in [0.29, 0.717) is 0 Å². The average Bonchev–Trinajstić information content (AvgIpc) is 2.58. The fourth-order valence-electron chi connectivity index (χ4n) is 1.29. The van der Waals surface area contributed by atoms with Gasteiger partial charge in [-0.05, 0) is 12.1 Å². The summed E-state index contributed by atoms with van der Waals surface area (Å²) in [6.07, 6.45) is -0.798. The summed E-state index contributed by atoms with van der Waals surface area (Å²) in [5, 5.41) is 10.4. The van der Waals surface area contributed by atoms with Crippen molar-refractivity contribution in [3.63, 3.8) is 0 Å². The van der Waals surface area contributed by atoms with Gasteiger partial charge < -0.3 is 5.11 Å². The van der Waals surface area contributed by atoms with Crippen LogP contribution in [0.15, 0.2) is 24.3 Å². The van der Waals surface area contributed by atoms with E-state index in [9.17, 15) is 5.11 Å². The zero-order valence-corrected chi connectivity index (χ0v) is 11.1. The molecule has 0 spiro atoms. The van der Waals surface area contributed by atoms with E-state index < -0.39 is 9.90 Å². The number of halogens is 3. The van der Waals surface area contributed by atoms with Gasteiger partial charge >= 0.3 is 0 Å². The van der Waals surface area contributed by atoms with Crippen molar-refractivity contribution in [2.45, 2.75) is 16.3 Å². The first-order valence-electron chi connectivity index (χ1n) is 4.56. The number of alkyl halides is 3. The minimum absolute atomic E-state index is 0.246. The van der Waals surface area contributed by atoms with Crippen LogP contribution in [0, 0.1) is 0 Å². The van der Waals surface area contributed by atoms with Gasteiger partial charge in [0.2, 0.25) is 3.79 Å². The summed E-state index contributed by atoms with van der Waals surface area (Å²) in [7, 11) is 0. The van der Waals surface area contributed by atoms with Crippen molar-refractivity contribution in [3.05, 3.63) is 29.3 Å². The summed E-state index contributed by atoms with van der Waals surface area (Å²) >= 11 is 18.3. The number of aromatic nitrogens is 1. The second kappa shape index (κ2) is 4.67. The lowest BCUT2D eigenvalue weighted by molar-refractivity contribution is 0.179. The summed E-state index contributed by atoms with van der Waals surface area (Å²) in [5.74, 6) is 0. The molecule has 1 atom stereocenters. The van der Waals surface area contributed by atoms with Crippen LogP contribution in [-0.4, -0.2) is 20.0 Å². The van der Waals surface area contributed by atoms with E-state index in [1.54, 1.807) is 0 Å². The van der Waals surface area contributed by atoms with E-state index in [4.69, 9.17) is 34.8 Å². The Morgan fingerprint density at radius 1 is 1.31 bits per heavy atom. The topological polar surface area (TPSA) is 33.1 Å². The number of hydrogen-bond donors (Lipinski definition) is 1. The number of hydrogen-bond acceptors (Lipinski definition) is 3. The Kier molecular flexibility index (Phi) is 3.62. The fourth-order valence-corrected chi connectivity index (χ4v) is 2.52. The molecular formula is C10H8Cl3NOS. The van der Waals surface area contributed by atoms with E-state index >= 15 is 0 Å². The van der Waals surface area contributed by atoms with Crippen LogP contribution in [0.25, 0.3) is 10.2 Å². The first-order valence-corrected chi connectivity index (χ1v) is 6.51. The number of benzene rings is 1. The first kappa shape index (κ1) is 12.4. The van der Waals surface area contributed by atoms with Crippen molar-refractivity contribution < 1.29 is 5.11 Å². The molecule has 2 aromatic rings. The molecule has 1 heterocycles. The van der Waals surface area contributed by atoms with E-state index in [1.807, 2.05) is 24.3 Å². The molecule has 0 aliphatic carbocycles. The largest absolute Gasteiger partial charge is 0.388 e. The average molecular weight is 297 g/mol. The number of para-hydroxylation sites is 1. The van der Waals surface area contributed by atoms with Gasteiger partial charge in [0.1, 0.15) is 6.10 Å². The molecule has 1 aromatic heterocycles. The maximum Gasteiger partial charge on any atom is 0.216 e. The molecule has 0 aliphatic rings. The molecule has 0 bridgehead atoms. The maximum atomic E-state index is 9.64. The van der Waals surface area contributed by atoms with Gasteiger partial charge in [-0.1, -0.05) is 46.9 Å².